The molecule has 108 valence electrons. The van der Waals surface area contributed by atoms with Gasteiger partial charge in [-0.2, -0.15) is 0 Å². The van der Waals surface area contributed by atoms with Crippen molar-refractivity contribution < 1.29 is 0 Å². The first-order valence-electron chi connectivity index (χ1n) is 7.87. The van der Waals surface area contributed by atoms with E-state index in [1.54, 1.807) is 0 Å². The molecular weight excluding hydrogens is 278 g/mol. The molecule has 2 heteroatoms. The van der Waals surface area contributed by atoms with E-state index in [1.165, 1.54) is 42.4 Å². The van der Waals surface area contributed by atoms with Gasteiger partial charge in [0.25, 0.3) is 0 Å². The summed E-state index contributed by atoms with van der Waals surface area (Å²) < 4.78 is 0. The van der Waals surface area contributed by atoms with Crippen LogP contribution in [0.15, 0.2) is 48.5 Å². The Hall–Kier alpha value is -1.31. The van der Waals surface area contributed by atoms with Crippen molar-refractivity contribution in [1.82, 2.24) is 5.32 Å². The minimum Gasteiger partial charge on any atom is -0.311 e. The molecule has 0 spiro atoms. The monoisotopic (exact) mass is 297 g/mol. The predicted molar refractivity (Wildman–Crippen MR) is 88.0 cm³/mol. The van der Waals surface area contributed by atoms with Gasteiger partial charge in [-0.3, -0.25) is 0 Å². The summed E-state index contributed by atoms with van der Waals surface area (Å²) in [5.74, 6) is 0.639. The average Bonchev–Trinajstić information content (AvgIpc) is 2.86. The van der Waals surface area contributed by atoms with Crippen LogP contribution in [-0.4, -0.2) is 12.1 Å². The van der Waals surface area contributed by atoms with E-state index in [-0.39, 0.29) is 0 Å². The van der Waals surface area contributed by atoms with E-state index < -0.39 is 0 Å². The quantitative estimate of drug-likeness (QED) is 0.888. The Bertz CT molecular complexity index is 621. The number of nitrogens with one attached hydrogen (secondary N) is 1. The second-order valence-electron chi connectivity index (χ2n) is 6.43. The Morgan fingerprint density at radius 1 is 0.810 bits per heavy atom. The molecule has 0 aromatic heterocycles. The van der Waals surface area contributed by atoms with Gasteiger partial charge in [-0.05, 0) is 54.4 Å². The van der Waals surface area contributed by atoms with Gasteiger partial charge < -0.3 is 5.32 Å². The van der Waals surface area contributed by atoms with Crippen LogP contribution >= 0.6 is 11.6 Å². The van der Waals surface area contributed by atoms with Crippen LogP contribution in [-0.2, 0) is 12.8 Å². The lowest BCUT2D eigenvalue weighted by atomic mass is 9.75. The summed E-state index contributed by atoms with van der Waals surface area (Å²) in [5.41, 5.74) is 4.38. The molecule has 0 bridgehead atoms. The van der Waals surface area contributed by atoms with Gasteiger partial charge in [0.05, 0.1) is 0 Å². The summed E-state index contributed by atoms with van der Waals surface area (Å²) in [6.45, 7) is 0. The molecule has 0 atom stereocenters. The van der Waals surface area contributed by atoms with Crippen LogP contribution < -0.4 is 5.32 Å². The lowest BCUT2D eigenvalue weighted by molar-refractivity contribution is 0.266. The molecule has 4 rings (SSSR count). The molecule has 0 saturated heterocycles. The molecule has 0 amide bonds. The van der Waals surface area contributed by atoms with Crippen LogP contribution in [0, 0.1) is 0 Å². The van der Waals surface area contributed by atoms with Crippen molar-refractivity contribution in [3.8, 4) is 0 Å². The molecule has 2 aliphatic carbocycles. The number of benzene rings is 2. The molecule has 0 heterocycles. The Morgan fingerprint density at radius 2 is 1.43 bits per heavy atom. The van der Waals surface area contributed by atoms with Crippen LogP contribution in [0.1, 0.15) is 35.4 Å². The van der Waals surface area contributed by atoms with E-state index >= 15 is 0 Å². The van der Waals surface area contributed by atoms with Crippen molar-refractivity contribution >= 4 is 11.6 Å². The molecule has 1 saturated carbocycles. The zero-order chi connectivity index (χ0) is 14.2. The molecule has 0 radical (unpaired) electrons. The Balaban J connectivity index is 1.33. The molecule has 1 fully saturated rings. The van der Waals surface area contributed by atoms with Gasteiger partial charge in [0.1, 0.15) is 0 Å². The Morgan fingerprint density at radius 3 is 2.10 bits per heavy atom. The SMILES string of the molecule is Clc1ccccc1C1CC(NC2Cc3ccccc3C2)C1. The summed E-state index contributed by atoms with van der Waals surface area (Å²) in [7, 11) is 0. The number of hydrogen-bond acceptors (Lipinski definition) is 1. The molecule has 0 unspecified atom stereocenters. The first-order chi connectivity index (χ1) is 10.3. The Kier molecular flexibility index (Phi) is 3.48. The van der Waals surface area contributed by atoms with Crippen molar-refractivity contribution in [2.24, 2.45) is 0 Å². The maximum atomic E-state index is 6.29. The van der Waals surface area contributed by atoms with Gasteiger partial charge >= 0.3 is 0 Å². The highest BCUT2D eigenvalue weighted by Gasteiger charge is 2.33. The molecule has 2 aromatic rings. The zero-order valence-corrected chi connectivity index (χ0v) is 12.8. The van der Waals surface area contributed by atoms with Crippen molar-refractivity contribution in [3.63, 3.8) is 0 Å². The van der Waals surface area contributed by atoms with Crippen LogP contribution in [0.3, 0.4) is 0 Å². The number of fused-ring (bicyclic) bond motifs is 1. The molecule has 1 nitrogen and oxygen atoms in total. The molecule has 2 aromatic carbocycles. The van der Waals surface area contributed by atoms with E-state index in [4.69, 9.17) is 11.6 Å². The molecule has 1 N–H and O–H groups in total. The van der Waals surface area contributed by atoms with Gasteiger partial charge in [-0.25, -0.2) is 0 Å². The number of rotatable bonds is 3. The zero-order valence-electron chi connectivity index (χ0n) is 12.1. The maximum absolute atomic E-state index is 6.29. The number of halogens is 1. The van der Waals surface area contributed by atoms with Gasteiger partial charge in [-0.1, -0.05) is 54.1 Å². The first-order valence-corrected chi connectivity index (χ1v) is 8.24. The van der Waals surface area contributed by atoms with Gasteiger partial charge in [0.15, 0.2) is 0 Å². The highest BCUT2D eigenvalue weighted by Crippen LogP contribution is 2.40. The lowest BCUT2D eigenvalue weighted by Crippen LogP contribution is -2.46. The van der Waals surface area contributed by atoms with E-state index in [0.717, 1.165) is 5.02 Å². The van der Waals surface area contributed by atoms with Crippen LogP contribution in [0.4, 0.5) is 0 Å². The van der Waals surface area contributed by atoms with Crippen LogP contribution in [0.25, 0.3) is 0 Å². The topological polar surface area (TPSA) is 12.0 Å². The van der Waals surface area contributed by atoms with Crippen molar-refractivity contribution in [3.05, 3.63) is 70.2 Å². The second-order valence-corrected chi connectivity index (χ2v) is 6.83. The second kappa shape index (κ2) is 5.47. The highest BCUT2D eigenvalue weighted by molar-refractivity contribution is 6.31. The fourth-order valence-corrected chi connectivity index (χ4v) is 4.11. The third kappa shape index (κ3) is 2.61. The summed E-state index contributed by atoms with van der Waals surface area (Å²) >= 11 is 6.29. The molecule has 21 heavy (non-hydrogen) atoms. The summed E-state index contributed by atoms with van der Waals surface area (Å²) in [5, 5.41) is 4.76. The fraction of sp³-hybridized carbons (Fsp3) is 0.368. The third-order valence-corrected chi connectivity index (χ3v) is 5.35. The summed E-state index contributed by atoms with van der Waals surface area (Å²) in [6, 6.07) is 18.4. The normalized spacial score (nSPS) is 24.6. The minimum atomic E-state index is 0.625. The fourth-order valence-electron chi connectivity index (χ4n) is 3.82. The standard InChI is InChI=1S/C19H20ClN/c20-19-8-4-3-7-18(19)15-11-17(12-15)21-16-9-13-5-1-2-6-14(13)10-16/h1-8,15-17,21H,9-12H2. The van der Waals surface area contributed by atoms with Crippen LogP contribution in [0.5, 0.6) is 0 Å². The van der Waals surface area contributed by atoms with Crippen molar-refractivity contribution in [2.75, 3.05) is 0 Å². The van der Waals surface area contributed by atoms with E-state index in [9.17, 15) is 0 Å². The predicted octanol–water partition coefficient (Wildman–Crippen LogP) is 4.34. The summed E-state index contributed by atoms with van der Waals surface area (Å²) in [4.78, 5) is 0. The van der Waals surface area contributed by atoms with Crippen molar-refractivity contribution in [1.29, 1.82) is 0 Å². The Labute approximate surface area is 131 Å². The molecule has 2 aliphatic rings. The average molecular weight is 298 g/mol. The van der Waals surface area contributed by atoms with Crippen LogP contribution in [0.2, 0.25) is 5.02 Å². The smallest absolute Gasteiger partial charge is 0.0440 e. The first kappa shape index (κ1) is 13.4. The molecular formula is C19H20ClN. The van der Waals surface area contributed by atoms with Gasteiger partial charge in [-0.15, -0.1) is 0 Å². The third-order valence-electron chi connectivity index (χ3n) is 5.01. The molecule has 0 aliphatic heterocycles. The minimum absolute atomic E-state index is 0.625. The largest absolute Gasteiger partial charge is 0.311 e. The van der Waals surface area contributed by atoms with Gasteiger partial charge in [0.2, 0.25) is 0 Å². The van der Waals surface area contributed by atoms with Crippen molar-refractivity contribution in [2.45, 2.75) is 43.7 Å². The maximum Gasteiger partial charge on any atom is 0.0440 e. The highest BCUT2D eigenvalue weighted by atomic mass is 35.5. The number of hydrogen-bond donors (Lipinski definition) is 1. The summed E-state index contributed by atoms with van der Waals surface area (Å²) in [6.07, 6.45) is 4.81. The van der Waals surface area contributed by atoms with Gasteiger partial charge in [0, 0.05) is 17.1 Å². The van der Waals surface area contributed by atoms with E-state index in [0.29, 0.717) is 18.0 Å². The van der Waals surface area contributed by atoms with E-state index in [2.05, 4.69) is 41.7 Å². The lowest BCUT2D eigenvalue weighted by Gasteiger charge is -2.38. The van der Waals surface area contributed by atoms with E-state index in [1.807, 2.05) is 12.1 Å².